The van der Waals surface area contributed by atoms with Crippen LogP contribution in [0.3, 0.4) is 0 Å². The number of carbonyl (C=O) groups is 2. The number of amides is 2. The Hall–Kier alpha value is -3.26. The molecule has 2 N–H and O–H groups in total. The summed E-state index contributed by atoms with van der Waals surface area (Å²) in [4.78, 5) is 29.3. The predicted molar refractivity (Wildman–Crippen MR) is 119 cm³/mol. The number of nitrogens with zero attached hydrogens (tertiary/aromatic N) is 3. The number of likely N-dealkylation sites (tertiary alicyclic amines) is 1. The maximum Gasteiger partial charge on any atom is 0.229 e. The van der Waals surface area contributed by atoms with Gasteiger partial charge in [0.2, 0.25) is 11.8 Å². The van der Waals surface area contributed by atoms with Crippen LogP contribution in [0.4, 0.5) is 10.2 Å². The van der Waals surface area contributed by atoms with Gasteiger partial charge in [-0.2, -0.15) is 5.10 Å². The fraction of sp³-hybridized carbons (Fsp3) is 0.375. The SMILES string of the molecule is O=C(NC1CCN(Cc2ccccc2)CC1)C1CC(=O)N(c2n[nH]c3cccc(F)c23)C1. The van der Waals surface area contributed by atoms with Crippen LogP contribution in [-0.4, -0.2) is 52.6 Å². The molecule has 2 aliphatic heterocycles. The number of rotatable bonds is 5. The lowest BCUT2D eigenvalue weighted by Gasteiger charge is -2.32. The highest BCUT2D eigenvalue weighted by Crippen LogP contribution is 2.31. The second-order valence-electron chi connectivity index (χ2n) is 8.66. The average molecular weight is 436 g/mol. The van der Waals surface area contributed by atoms with E-state index >= 15 is 0 Å². The second kappa shape index (κ2) is 8.70. The standard InChI is InChI=1S/C24H26FN5O2/c25-19-7-4-8-20-22(19)23(28-27-20)30-15-17(13-21(30)31)24(32)26-18-9-11-29(12-10-18)14-16-5-2-1-3-6-16/h1-8,17-18H,9-15H2,(H,26,32)(H,27,28). The molecule has 0 saturated carbocycles. The first-order chi connectivity index (χ1) is 15.6. The highest BCUT2D eigenvalue weighted by Gasteiger charge is 2.38. The van der Waals surface area contributed by atoms with Crippen molar-refractivity contribution in [1.29, 1.82) is 0 Å². The summed E-state index contributed by atoms with van der Waals surface area (Å²) in [6.07, 6.45) is 1.89. The van der Waals surface area contributed by atoms with E-state index in [1.54, 1.807) is 12.1 Å². The number of benzene rings is 2. The van der Waals surface area contributed by atoms with Gasteiger partial charge in [0, 0.05) is 38.6 Å². The molecule has 1 atom stereocenters. The third-order valence-corrected chi connectivity index (χ3v) is 6.45. The molecule has 2 aromatic carbocycles. The number of H-pyrrole nitrogens is 1. The lowest BCUT2D eigenvalue weighted by atomic mass is 10.0. The third-order valence-electron chi connectivity index (χ3n) is 6.45. The Morgan fingerprint density at radius 2 is 1.91 bits per heavy atom. The number of anilines is 1. The molecule has 1 aromatic heterocycles. The van der Waals surface area contributed by atoms with E-state index in [0.29, 0.717) is 5.52 Å². The number of aromatic nitrogens is 2. The maximum absolute atomic E-state index is 14.3. The summed E-state index contributed by atoms with van der Waals surface area (Å²) >= 11 is 0. The molecular weight excluding hydrogens is 409 g/mol. The van der Waals surface area contributed by atoms with Crippen molar-refractivity contribution in [2.45, 2.75) is 31.8 Å². The van der Waals surface area contributed by atoms with E-state index in [1.165, 1.54) is 16.5 Å². The smallest absolute Gasteiger partial charge is 0.229 e. The molecule has 3 heterocycles. The third kappa shape index (κ3) is 4.10. The summed E-state index contributed by atoms with van der Waals surface area (Å²) in [7, 11) is 0. The molecule has 0 bridgehead atoms. The first kappa shape index (κ1) is 20.6. The highest BCUT2D eigenvalue weighted by atomic mass is 19.1. The minimum atomic E-state index is -0.455. The molecule has 2 saturated heterocycles. The van der Waals surface area contributed by atoms with Crippen LogP contribution >= 0.6 is 0 Å². The number of halogens is 1. The molecule has 8 heteroatoms. The van der Waals surface area contributed by atoms with Gasteiger partial charge in [-0.1, -0.05) is 36.4 Å². The summed E-state index contributed by atoms with van der Waals surface area (Å²) in [5.74, 6) is -0.952. The summed E-state index contributed by atoms with van der Waals surface area (Å²) in [5.41, 5.74) is 1.82. The van der Waals surface area contributed by atoms with E-state index in [-0.39, 0.29) is 42.0 Å². The topological polar surface area (TPSA) is 81.3 Å². The first-order valence-electron chi connectivity index (χ1n) is 11.1. The van der Waals surface area contributed by atoms with Gasteiger partial charge in [-0.3, -0.25) is 24.5 Å². The molecule has 3 aromatic rings. The van der Waals surface area contributed by atoms with E-state index in [4.69, 9.17) is 0 Å². The molecule has 5 rings (SSSR count). The van der Waals surface area contributed by atoms with E-state index in [9.17, 15) is 14.0 Å². The number of hydrogen-bond donors (Lipinski definition) is 2. The highest BCUT2D eigenvalue weighted by molar-refractivity contribution is 6.05. The Morgan fingerprint density at radius 1 is 1.12 bits per heavy atom. The lowest BCUT2D eigenvalue weighted by Crippen LogP contribution is -2.46. The van der Waals surface area contributed by atoms with Crippen LogP contribution in [0.2, 0.25) is 0 Å². The molecular formula is C24H26FN5O2. The summed E-state index contributed by atoms with van der Waals surface area (Å²) < 4.78 is 14.3. The molecule has 2 amide bonds. The van der Waals surface area contributed by atoms with Crippen LogP contribution in [-0.2, 0) is 16.1 Å². The number of hydrogen-bond acceptors (Lipinski definition) is 4. The quantitative estimate of drug-likeness (QED) is 0.646. The van der Waals surface area contributed by atoms with Crippen LogP contribution in [0, 0.1) is 11.7 Å². The molecule has 0 aliphatic carbocycles. The zero-order chi connectivity index (χ0) is 22.1. The minimum absolute atomic E-state index is 0.109. The van der Waals surface area contributed by atoms with Crippen molar-refractivity contribution in [3.05, 3.63) is 59.9 Å². The van der Waals surface area contributed by atoms with Crippen LogP contribution in [0.25, 0.3) is 10.9 Å². The van der Waals surface area contributed by atoms with E-state index in [1.807, 2.05) is 6.07 Å². The van der Waals surface area contributed by atoms with Crippen LogP contribution < -0.4 is 10.2 Å². The molecule has 1 unspecified atom stereocenters. The summed E-state index contributed by atoms with van der Waals surface area (Å²) in [5, 5.41) is 10.3. The van der Waals surface area contributed by atoms with Crippen molar-refractivity contribution in [1.82, 2.24) is 20.4 Å². The molecule has 2 fully saturated rings. The van der Waals surface area contributed by atoms with E-state index in [0.717, 1.165) is 32.5 Å². The van der Waals surface area contributed by atoms with Crippen molar-refractivity contribution in [2.24, 2.45) is 5.92 Å². The normalized spacial score (nSPS) is 20.2. The van der Waals surface area contributed by atoms with Crippen molar-refractivity contribution < 1.29 is 14.0 Å². The monoisotopic (exact) mass is 435 g/mol. The Labute approximate surface area is 185 Å². The van der Waals surface area contributed by atoms with E-state index < -0.39 is 11.7 Å². The molecule has 2 aliphatic rings. The zero-order valence-corrected chi connectivity index (χ0v) is 17.8. The summed E-state index contributed by atoms with van der Waals surface area (Å²) in [6, 6.07) is 15.1. The average Bonchev–Trinajstić information content (AvgIpc) is 3.40. The molecule has 32 heavy (non-hydrogen) atoms. The van der Waals surface area contributed by atoms with Crippen molar-refractivity contribution in [3.8, 4) is 0 Å². The van der Waals surface area contributed by atoms with Gasteiger partial charge in [-0.15, -0.1) is 0 Å². The summed E-state index contributed by atoms with van der Waals surface area (Å²) in [6.45, 7) is 2.98. The second-order valence-corrected chi connectivity index (χ2v) is 8.66. The number of fused-ring (bicyclic) bond motifs is 1. The zero-order valence-electron chi connectivity index (χ0n) is 17.8. The van der Waals surface area contributed by atoms with Gasteiger partial charge in [-0.05, 0) is 30.5 Å². The van der Waals surface area contributed by atoms with Gasteiger partial charge in [0.1, 0.15) is 5.82 Å². The van der Waals surface area contributed by atoms with Gasteiger partial charge in [0.15, 0.2) is 5.82 Å². The maximum atomic E-state index is 14.3. The number of carbonyl (C=O) groups excluding carboxylic acids is 2. The molecule has 0 radical (unpaired) electrons. The van der Waals surface area contributed by atoms with Gasteiger partial charge in [0.05, 0.1) is 16.8 Å². The number of piperidine rings is 1. The van der Waals surface area contributed by atoms with Gasteiger partial charge < -0.3 is 5.32 Å². The minimum Gasteiger partial charge on any atom is -0.353 e. The fourth-order valence-electron chi connectivity index (χ4n) is 4.69. The first-order valence-corrected chi connectivity index (χ1v) is 11.1. The Bertz CT molecular complexity index is 1120. The van der Waals surface area contributed by atoms with Crippen molar-refractivity contribution in [3.63, 3.8) is 0 Å². The number of nitrogens with one attached hydrogen (secondary N) is 2. The van der Waals surface area contributed by atoms with E-state index in [2.05, 4.69) is 44.7 Å². The van der Waals surface area contributed by atoms with Gasteiger partial charge >= 0.3 is 0 Å². The molecule has 166 valence electrons. The molecule has 0 spiro atoms. The Balaban J connectivity index is 1.17. The Kier molecular flexibility index (Phi) is 5.61. The fourth-order valence-corrected chi connectivity index (χ4v) is 4.69. The predicted octanol–water partition coefficient (Wildman–Crippen LogP) is 2.84. The van der Waals surface area contributed by atoms with Crippen molar-refractivity contribution in [2.75, 3.05) is 24.5 Å². The van der Waals surface area contributed by atoms with Crippen LogP contribution in [0.1, 0.15) is 24.8 Å². The van der Waals surface area contributed by atoms with Gasteiger partial charge in [-0.25, -0.2) is 4.39 Å². The number of aromatic amines is 1. The Morgan fingerprint density at radius 3 is 2.69 bits per heavy atom. The van der Waals surface area contributed by atoms with Crippen LogP contribution in [0.15, 0.2) is 48.5 Å². The lowest BCUT2D eigenvalue weighted by molar-refractivity contribution is -0.127. The van der Waals surface area contributed by atoms with Crippen LogP contribution in [0.5, 0.6) is 0 Å². The largest absolute Gasteiger partial charge is 0.353 e. The van der Waals surface area contributed by atoms with Gasteiger partial charge in [0.25, 0.3) is 0 Å². The molecule has 7 nitrogen and oxygen atoms in total. The van der Waals surface area contributed by atoms with Crippen molar-refractivity contribution >= 4 is 28.5 Å².